The smallest absolute Gasteiger partial charge is 0.343 e. The molecule has 0 amide bonds. The number of esters is 2. The summed E-state index contributed by atoms with van der Waals surface area (Å²) in [4.78, 5) is 23.7. The number of methoxy groups -OCH3 is 1. The third kappa shape index (κ3) is 3.61. The number of carbonyl (C=O) groups excluding carboxylic acids is 2. The fourth-order valence-corrected chi connectivity index (χ4v) is 1.98. The lowest BCUT2D eigenvalue weighted by molar-refractivity contribution is 0.0600. The van der Waals surface area contributed by atoms with Crippen LogP contribution in [-0.2, 0) is 11.2 Å². The van der Waals surface area contributed by atoms with Gasteiger partial charge in [0.2, 0.25) is 0 Å². The molecule has 0 N–H and O–H groups in total. The molecule has 112 valence electrons. The first-order valence-corrected chi connectivity index (χ1v) is 6.75. The number of benzene rings is 2. The minimum absolute atomic E-state index is 0.288. The summed E-state index contributed by atoms with van der Waals surface area (Å²) >= 11 is 0. The summed E-state index contributed by atoms with van der Waals surface area (Å²) in [5.41, 5.74) is 1.46. The average molecular weight is 296 g/mol. The predicted octanol–water partition coefficient (Wildman–Crippen LogP) is 3.42. The van der Waals surface area contributed by atoms with Gasteiger partial charge in [-0.25, -0.2) is 9.59 Å². The molecule has 2 rings (SSSR count). The van der Waals surface area contributed by atoms with E-state index in [1.54, 1.807) is 36.4 Å². The predicted molar refractivity (Wildman–Crippen MR) is 83.1 cm³/mol. The van der Waals surface area contributed by atoms with Gasteiger partial charge in [0, 0.05) is 0 Å². The van der Waals surface area contributed by atoms with Crippen LogP contribution in [0.15, 0.2) is 61.2 Å². The van der Waals surface area contributed by atoms with Crippen LogP contribution in [0.25, 0.3) is 0 Å². The van der Waals surface area contributed by atoms with Crippen molar-refractivity contribution >= 4 is 11.9 Å². The molecule has 0 saturated heterocycles. The van der Waals surface area contributed by atoms with Crippen LogP contribution in [0.2, 0.25) is 0 Å². The molecular formula is C18H16O4. The molecule has 0 aromatic heterocycles. The molecule has 0 aliphatic heterocycles. The largest absolute Gasteiger partial charge is 0.465 e. The van der Waals surface area contributed by atoms with Crippen molar-refractivity contribution in [1.29, 1.82) is 0 Å². The molecule has 0 unspecified atom stereocenters. The standard InChI is InChI=1S/C18H16O4/c1-3-7-13-8-4-5-11-16(13)22-18(20)15-10-6-9-14(12-15)17(19)21-2/h3-6,8-12H,1,7H2,2H3. The van der Waals surface area contributed by atoms with E-state index in [2.05, 4.69) is 11.3 Å². The van der Waals surface area contributed by atoms with Gasteiger partial charge in [-0.3, -0.25) is 0 Å². The van der Waals surface area contributed by atoms with Crippen molar-refractivity contribution in [2.45, 2.75) is 6.42 Å². The molecule has 2 aromatic rings. The first-order chi connectivity index (χ1) is 10.7. The van der Waals surface area contributed by atoms with Gasteiger partial charge in [0.25, 0.3) is 0 Å². The molecule has 0 aliphatic rings. The number of allylic oxidation sites excluding steroid dienone is 1. The van der Waals surface area contributed by atoms with E-state index in [1.807, 2.05) is 12.1 Å². The van der Waals surface area contributed by atoms with Gasteiger partial charge >= 0.3 is 11.9 Å². The molecule has 22 heavy (non-hydrogen) atoms. The molecule has 0 radical (unpaired) electrons. The Bertz CT molecular complexity index is 704. The molecule has 2 aromatic carbocycles. The first-order valence-electron chi connectivity index (χ1n) is 6.75. The van der Waals surface area contributed by atoms with Crippen LogP contribution in [0.1, 0.15) is 26.3 Å². The highest BCUT2D eigenvalue weighted by Crippen LogP contribution is 2.20. The van der Waals surface area contributed by atoms with Gasteiger partial charge < -0.3 is 9.47 Å². The van der Waals surface area contributed by atoms with Crippen molar-refractivity contribution in [1.82, 2.24) is 0 Å². The van der Waals surface area contributed by atoms with E-state index in [9.17, 15) is 9.59 Å². The Morgan fingerprint density at radius 1 is 1.05 bits per heavy atom. The molecule has 0 aliphatic carbocycles. The van der Waals surface area contributed by atoms with Crippen LogP contribution in [-0.4, -0.2) is 19.0 Å². The Kier molecular flexibility index (Phi) is 5.09. The summed E-state index contributed by atoms with van der Waals surface area (Å²) < 4.78 is 10.1. The van der Waals surface area contributed by atoms with Gasteiger partial charge in [-0.05, 0) is 36.2 Å². The molecule has 0 atom stereocenters. The zero-order valence-electron chi connectivity index (χ0n) is 12.2. The van der Waals surface area contributed by atoms with Crippen molar-refractivity contribution in [3.05, 3.63) is 77.9 Å². The molecular weight excluding hydrogens is 280 g/mol. The fraction of sp³-hybridized carbons (Fsp3) is 0.111. The summed E-state index contributed by atoms with van der Waals surface area (Å²) in [5, 5.41) is 0. The Hall–Kier alpha value is -2.88. The molecule has 0 saturated carbocycles. The lowest BCUT2D eigenvalue weighted by Gasteiger charge is -2.09. The highest BCUT2D eigenvalue weighted by atomic mass is 16.5. The Balaban J connectivity index is 2.23. The molecule has 4 nitrogen and oxygen atoms in total. The van der Waals surface area contributed by atoms with Crippen LogP contribution in [0.3, 0.4) is 0 Å². The van der Waals surface area contributed by atoms with Gasteiger partial charge in [0.05, 0.1) is 18.2 Å². The fourth-order valence-electron chi connectivity index (χ4n) is 1.98. The second-order valence-electron chi connectivity index (χ2n) is 4.56. The lowest BCUT2D eigenvalue weighted by Crippen LogP contribution is -2.11. The Morgan fingerprint density at radius 3 is 2.41 bits per heavy atom. The van der Waals surface area contributed by atoms with E-state index < -0.39 is 11.9 Å². The van der Waals surface area contributed by atoms with E-state index in [0.29, 0.717) is 17.7 Å². The maximum absolute atomic E-state index is 12.2. The number of hydrogen-bond donors (Lipinski definition) is 0. The summed E-state index contributed by atoms with van der Waals surface area (Å²) in [6.45, 7) is 3.68. The maximum Gasteiger partial charge on any atom is 0.343 e. The van der Waals surface area contributed by atoms with Crippen molar-refractivity contribution < 1.29 is 19.1 Å². The topological polar surface area (TPSA) is 52.6 Å². The van der Waals surface area contributed by atoms with E-state index in [-0.39, 0.29) is 5.56 Å². The third-order valence-electron chi connectivity index (χ3n) is 3.06. The number of ether oxygens (including phenoxy) is 2. The normalized spacial score (nSPS) is 9.86. The summed E-state index contributed by atoms with van der Waals surface area (Å²) in [6, 6.07) is 13.5. The van der Waals surface area contributed by atoms with E-state index in [0.717, 1.165) is 5.56 Å². The van der Waals surface area contributed by atoms with Crippen LogP contribution >= 0.6 is 0 Å². The van der Waals surface area contributed by atoms with Crippen molar-refractivity contribution in [2.24, 2.45) is 0 Å². The third-order valence-corrected chi connectivity index (χ3v) is 3.06. The number of hydrogen-bond acceptors (Lipinski definition) is 4. The zero-order chi connectivity index (χ0) is 15.9. The monoisotopic (exact) mass is 296 g/mol. The van der Waals surface area contributed by atoms with Crippen molar-refractivity contribution in [2.75, 3.05) is 7.11 Å². The average Bonchev–Trinajstić information content (AvgIpc) is 2.56. The highest BCUT2D eigenvalue weighted by molar-refractivity contribution is 5.96. The van der Waals surface area contributed by atoms with Crippen LogP contribution in [0, 0.1) is 0 Å². The SMILES string of the molecule is C=CCc1ccccc1OC(=O)c1cccc(C(=O)OC)c1. The van der Waals surface area contributed by atoms with Crippen molar-refractivity contribution in [3.63, 3.8) is 0 Å². The molecule has 0 fully saturated rings. The summed E-state index contributed by atoms with van der Waals surface area (Å²) in [7, 11) is 1.29. The summed E-state index contributed by atoms with van der Waals surface area (Å²) in [5.74, 6) is -0.542. The van der Waals surface area contributed by atoms with Gasteiger partial charge in [-0.2, -0.15) is 0 Å². The number of carbonyl (C=O) groups is 2. The lowest BCUT2D eigenvalue weighted by atomic mass is 10.1. The highest BCUT2D eigenvalue weighted by Gasteiger charge is 2.13. The first kappa shape index (κ1) is 15.5. The van der Waals surface area contributed by atoms with Crippen LogP contribution in [0.4, 0.5) is 0 Å². The molecule has 0 spiro atoms. The number of rotatable bonds is 5. The van der Waals surface area contributed by atoms with Gasteiger partial charge in [-0.15, -0.1) is 6.58 Å². The Morgan fingerprint density at radius 2 is 1.73 bits per heavy atom. The molecule has 0 bridgehead atoms. The quantitative estimate of drug-likeness (QED) is 0.482. The number of para-hydroxylation sites is 1. The Labute approximate surface area is 129 Å². The van der Waals surface area contributed by atoms with E-state index >= 15 is 0 Å². The van der Waals surface area contributed by atoms with Gasteiger partial charge in [0.1, 0.15) is 5.75 Å². The minimum atomic E-state index is -0.526. The second-order valence-corrected chi connectivity index (χ2v) is 4.56. The molecule has 4 heteroatoms. The summed E-state index contributed by atoms with van der Waals surface area (Å²) in [6.07, 6.45) is 2.34. The van der Waals surface area contributed by atoms with Crippen LogP contribution in [0.5, 0.6) is 5.75 Å². The molecule has 0 heterocycles. The van der Waals surface area contributed by atoms with Gasteiger partial charge in [-0.1, -0.05) is 30.3 Å². The second kappa shape index (κ2) is 7.22. The van der Waals surface area contributed by atoms with Crippen LogP contribution < -0.4 is 4.74 Å². The van der Waals surface area contributed by atoms with E-state index in [1.165, 1.54) is 13.2 Å². The maximum atomic E-state index is 12.2. The zero-order valence-corrected chi connectivity index (χ0v) is 12.2. The van der Waals surface area contributed by atoms with Gasteiger partial charge in [0.15, 0.2) is 0 Å². The van der Waals surface area contributed by atoms with Crippen molar-refractivity contribution in [3.8, 4) is 5.75 Å². The van der Waals surface area contributed by atoms with E-state index in [4.69, 9.17) is 4.74 Å². The minimum Gasteiger partial charge on any atom is -0.465 e.